The molecule has 90 valence electrons. The number of aliphatic hydroxyl groups excluding tert-OH is 1. The summed E-state index contributed by atoms with van der Waals surface area (Å²) in [6, 6.07) is 4.38. The number of hydrogen-bond donors (Lipinski definition) is 1. The van der Waals surface area contributed by atoms with Crippen LogP contribution in [-0.2, 0) is 7.05 Å². The Bertz CT molecular complexity index is 525. The molecule has 5 heteroatoms. The van der Waals surface area contributed by atoms with Crippen LogP contribution in [0.15, 0.2) is 30.7 Å². The van der Waals surface area contributed by atoms with Gasteiger partial charge in [-0.1, -0.05) is 6.07 Å². The molecule has 1 N–H and O–H groups in total. The number of aryl methyl sites for hydroxylation is 1. The first-order valence-electron chi connectivity index (χ1n) is 5.11. The van der Waals surface area contributed by atoms with Crippen molar-refractivity contribution in [1.82, 2.24) is 9.55 Å². The molecule has 0 spiro atoms. The molecule has 0 radical (unpaired) electrons. The summed E-state index contributed by atoms with van der Waals surface area (Å²) in [4.78, 5) is 3.91. The molecular weight excluding hydrogens is 223 g/mol. The van der Waals surface area contributed by atoms with Crippen LogP contribution in [0.5, 0.6) is 5.75 Å². The number of rotatable bonds is 3. The minimum absolute atomic E-state index is 0.158. The molecule has 4 nitrogen and oxygen atoms in total. The van der Waals surface area contributed by atoms with Crippen LogP contribution in [0.4, 0.5) is 4.39 Å². The molecule has 0 saturated heterocycles. The van der Waals surface area contributed by atoms with Gasteiger partial charge in [0.25, 0.3) is 0 Å². The van der Waals surface area contributed by atoms with Gasteiger partial charge >= 0.3 is 0 Å². The van der Waals surface area contributed by atoms with Crippen molar-refractivity contribution < 1.29 is 14.2 Å². The number of hydrogen-bond acceptors (Lipinski definition) is 3. The van der Waals surface area contributed by atoms with E-state index in [4.69, 9.17) is 4.74 Å². The van der Waals surface area contributed by atoms with Crippen LogP contribution < -0.4 is 4.74 Å². The summed E-state index contributed by atoms with van der Waals surface area (Å²) in [6.07, 6.45) is 2.23. The van der Waals surface area contributed by atoms with Gasteiger partial charge in [0.05, 0.1) is 25.3 Å². The number of nitrogens with zero attached hydrogens (tertiary/aromatic N) is 2. The third kappa shape index (κ3) is 2.14. The van der Waals surface area contributed by atoms with E-state index in [9.17, 15) is 9.50 Å². The predicted octanol–water partition coefficient (Wildman–Crippen LogP) is 1.65. The number of imidazole rings is 1. The summed E-state index contributed by atoms with van der Waals surface area (Å²) in [5.41, 5.74) is 1.07. The van der Waals surface area contributed by atoms with Gasteiger partial charge in [-0.05, 0) is 17.7 Å². The van der Waals surface area contributed by atoms with Crippen molar-refractivity contribution in [2.75, 3.05) is 7.11 Å². The lowest BCUT2D eigenvalue weighted by molar-refractivity contribution is 0.210. The van der Waals surface area contributed by atoms with Crippen molar-refractivity contribution in [2.24, 2.45) is 7.05 Å². The molecule has 17 heavy (non-hydrogen) atoms. The van der Waals surface area contributed by atoms with Gasteiger partial charge in [-0.3, -0.25) is 0 Å². The number of halogens is 1. The molecule has 0 fully saturated rings. The molecular formula is C12H13FN2O2. The highest BCUT2D eigenvalue weighted by molar-refractivity contribution is 5.33. The molecule has 0 amide bonds. The lowest BCUT2D eigenvalue weighted by Crippen LogP contribution is -2.05. The third-order valence-corrected chi connectivity index (χ3v) is 2.63. The Morgan fingerprint density at radius 2 is 2.24 bits per heavy atom. The van der Waals surface area contributed by atoms with E-state index in [1.807, 2.05) is 0 Å². The van der Waals surface area contributed by atoms with Crippen molar-refractivity contribution >= 4 is 0 Å². The molecule has 1 heterocycles. The topological polar surface area (TPSA) is 47.3 Å². The van der Waals surface area contributed by atoms with Crippen LogP contribution in [-0.4, -0.2) is 21.8 Å². The highest BCUT2D eigenvalue weighted by Gasteiger charge is 2.15. The molecule has 0 aliphatic carbocycles. The van der Waals surface area contributed by atoms with Crippen LogP contribution in [0.3, 0.4) is 0 Å². The van der Waals surface area contributed by atoms with Gasteiger partial charge in [-0.2, -0.15) is 0 Å². The fourth-order valence-corrected chi connectivity index (χ4v) is 1.65. The first kappa shape index (κ1) is 11.6. The van der Waals surface area contributed by atoms with E-state index < -0.39 is 11.9 Å². The van der Waals surface area contributed by atoms with Gasteiger partial charge in [0, 0.05) is 7.05 Å². The lowest BCUT2D eigenvalue weighted by Gasteiger charge is -2.12. The summed E-state index contributed by atoms with van der Waals surface area (Å²) in [6.45, 7) is 0. The van der Waals surface area contributed by atoms with Gasteiger partial charge in [-0.25, -0.2) is 9.37 Å². The summed E-state index contributed by atoms with van der Waals surface area (Å²) >= 11 is 0. The molecule has 0 saturated carbocycles. The van der Waals surface area contributed by atoms with Crippen molar-refractivity contribution in [2.45, 2.75) is 6.10 Å². The largest absolute Gasteiger partial charge is 0.494 e. The Morgan fingerprint density at radius 3 is 2.76 bits per heavy atom. The second-order valence-electron chi connectivity index (χ2n) is 3.73. The van der Waals surface area contributed by atoms with Crippen LogP contribution in [0.2, 0.25) is 0 Å². The van der Waals surface area contributed by atoms with E-state index in [0.717, 1.165) is 0 Å². The Hall–Kier alpha value is -1.88. The normalized spacial score (nSPS) is 12.5. The van der Waals surface area contributed by atoms with E-state index >= 15 is 0 Å². The number of aromatic nitrogens is 2. The number of ether oxygens (including phenoxy) is 1. The minimum Gasteiger partial charge on any atom is -0.494 e. The van der Waals surface area contributed by atoms with Crippen molar-refractivity contribution in [3.05, 3.63) is 47.8 Å². The first-order valence-corrected chi connectivity index (χ1v) is 5.11. The maximum atomic E-state index is 13.5. The molecule has 1 aromatic carbocycles. The highest BCUT2D eigenvalue weighted by Crippen LogP contribution is 2.25. The van der Waals surface area contributed by atoms with Crippen molar-refractivity contribution in [1.29, 1.82) is 0 Å². The van der Waals surface area contributed by atoms with Crippen LogP contribution in [0, 0.1) is 5.82 Å². The molecule has 2 rings (SSSR count). The van der Waals surface area contributed by atoms with Gasteiger partial charge in [-0.15, -0.1) is 0 Å². The minimum atomic E-state index is -0.900. The summed E-state index contributed by atoms with van der Waals surface area (Å²) in [5, 5.41) is 10.1. The van der Waals surface area contributed by atoms with Crippen LogP contribution in [0.25, 0.3) is 0 Å². The van der Waals surface area contributed by atoms with E-state index in [-0.39, 0.29) is 5.75 Å². The molecule has 1 unspecified atom stereocenters. The lowest BCUT2D eigenvalue weighted by atomic mass is 10.1. The Balaban J connectivity index is 2.35. The third-order valence-electron chi connectivity index (χ3n) is 2.63. The molecule has 1 atom stereocenters. The van der Waals surface area contributed by atoms with Crippen LogP contribution in [0.1, 0.15) is 17.4 Å². The first-order chi connectivity index (χ1) is 8.13. The fourth-order valence-electron chi connectivity index (χ4n) is 1.65. The molecule has 0 aliphatic rings. The molecule has 0 bridgehead atoms. The van der Waals surface area contributed by atoms with E-state index in [0.29, 0.717) is 11.3 Å². The smallest absolute Gasteiger partial charge is 0.165 e. The molecule has 2 aromatic rings. The number of aliphatic hydroxyl groups is 1. The second kappa shape index (κ2) is 4.55. The predicted molar refractivity (Wildman–Crippen MR) is 60.2 cm³/mol. The van der Waals surface area contributed by atoms with Gasteiger partial charge in [0.2, 0.25) is 0 Å². The average Bonchev–Trinajstić information content (AvgIpc) is 2.74. The monoisotopic (exact) mass is 236 g/mol. The summed E-state index contributed by atoms with van der Waals surface area (Å²) in [5.74, 6) is -0.336. The zero-order chi connectivity index (χ0) is 12.4. The molecule has 1 aromatic heterocycles. The second-order valence-corrected chi connectivity index (χ2v) is 3.73. The standard InChI is InChI=1S/C12H13FN2O2/c1-15-7-14-6-10(15)12(16)8-3-4-11(17-2)9(13)5-8/h3-7,12,16H,1-2H3. The van der Waals surface area contributed by atoms with E-state index in [1.54, 1.807) is 30.2 Å². The summed E-state index contributed by atoms with van der Waals surface area (Å²) < 4.78 is 20.0. The van der Waals surface area contributed by atoms with E-state index in [2.05, 4.69) is 4.98 Å². The SMILES string of the molecule is COc1ccc(C(O)c2cncn2C)cc1F. The van der Waals surface area contributed by atoms with Gasteiger partial charge in [0.15, 0.2) is 11.6 Å². The van der Waals surface area contributed by atoms with Crippen molar-refractivity contribution in [3.8, 4) is 5.75 Å². The van der Waals surface area contributed by atoms with Gasteiger partial charge in [0.1, 0.15) is 6.10 Å². The quantitative estimate of drug-likeness (QED) is 0.881. The Kier molecular flexibility index (Phi) is 3.10. The van der Waals surface area contributed by atoms with Crippen LogP contribution >= 0.6 is 0 Å². The average molecular weight is 236 g/mol. The molecule has 0 aliphatic heterocycles. The van der Waals surface area contributed by atoms with Gasteiger partial charge < -0.3 is 14.4 Å². The highest BCUT2D eigenvalue weighted by atomic mass is 19.1. The summed E-state index contributed by atoms with van der Waals surface area (Å²) in [7, 11) is 3.17. The fraction of sp³-hybridized carbons (Fsp3) is 0.250. The van der Waals surface area contributed by atoms with Crippen molar-refractivity contribution in [3.63, 3.8) is 0 Å². The Morgan fingerprint density at radius 1 is 1.47 bits per heavy atom. The zero-order valence-electron chi connectivity index (χ0n) is 9.59. The maximum absolute atomic E-state index is 13.5. The Labute approximate surface area is 98.3 Å². The maximum Gasteiger partial charge on any atom is 0.165 e. The zero-order valence-corrected chi connectivity index (χ0v) is 9.59. The van der Waals surface area contributed by atoms with E-state index in [1.165, 1.54) is 19.2 Å². The number of methoxy groups -OCH3 is 1. The number of benzene rings is 1.